The smallest absolute Gasteiger partial charge is 0.398 e. The molecule has 1 aliphatic heterocycles. The van der Waals surface area contributed by atoms with Crippen molar-refractivity contribution >= 4 is 24.3 Å². The van der Waals surface area contributed by atoms with Crippen molar-refractivity contribution in [2.75, 3.05) is 0 Å². The van der Waals surface area contributed by atoms with Crippen molar-refractivity contribution in [2.24, 2.45) is 0 Å². The van der Waals surface area contributed by atoms with Crippen LogP contribution in [0.25, 0.3) is 0 Å². The Hall–Kier alpha value is -0.615. The van der Waals surface area contributed by atoms with Crippen LogP contribution in [-0.4, -0.2) is 28.4 Å². The van der Waals surface area contributed by atoms with E-state index in [1.807, 2.05) is 27.7 Å². The highest BCUT2D eigenvalue weighted by Crippen LogP contribution is 2.36. The number of pyridine rings is 1. The zero-order valence-electron chi connectivity index (χ0n) is 11.0. The highest BCUT2D eigenvalue weighted by Gasteiger charge is 2.52. The third-order valence-corrected chi connectivity index (χ3v) is 3.89. The Labute approximate surface area is 112 Å². The summed E-state index contributed by atoms with van der Waals surface area (Å²) in [6.45, 7) is 7.74. The van der Waals surface area contributed by atoms with Gasteiger partial charge in [0.05, 0.1) is 34.1 Å². The monoisotopic (exact) mass is 269 g/mol. The molecule has 18 heavy (non-hydrogen) atoms. The van der Waals surface area contributed by atoms with Gasteiger partial charge in [-0.3, -0.25) is 4.98 Å². The molecule has 1 N–H and O–H groups in total. The molecule has 0 amide bonds. The molecular weight excluding hydrogens is 252 g/mol. The minimum absolute atomic E-state index is 0.135. The van der Waals surface area contributed by atoms with Gasteiger partial charge in [-0.25, -0.2) is 0 Å². The standard InChI is InChI=1S/C12H17BClNO3/c1-11(2)12(3,4)18-13(17-11)10-9(14)6-5-8(7-16)15-10/h5-6,16H,7H2,1-4H3. The fourth-order valence-electron chi connectivity index (χ4n) is 1.71. The zero-order chi connectivity index (χ0) is 13.6. The van der Waals surface area contributed by atoms with Crippen LogP contribution in [0.4, 0.5) is 0 Å². The molecule has 0 aliphatic carbocycles. The topological polar surface area (TPSA) is 51.6 Å². The van der Waals surface area contributed by atoms with Gasteiger partial charge in [0.1, 0.15) is 0 Å². The normalized spacial score (nSPS) is 21.3. The van der Waals surface area contributed by atoms with E-state index >= 15 is 0 Å². The molecule has 1 aromatic rings. The van der Waals surface area contributed by atoms with Gasteiger partial charge in [-0.1, -0.05) is 11.6 Å². The van der Waals surface area contributed by atoms with Crippen molar-refractivity contribution in [1.82, 2.24) is 4.98 Å². The Balaban J connectivity index is 2.34. The molecule has 1 aliphatic rings. The molecule has 98 valence electrons. The maximum absolute atomic E-state index is 9.11. The Bertz CT molecular complexity index is 449. The molecule has 0 saturated carbocycles. The van der Waals surface area contributed by atoms with Crippen molar-refractivity contribution in [3.63, 3.8) is 0 Å². The van der Waals surface area contributed by atoms with Crippen LogP contribution < -0.4 is 5.59 Å². The van der Waals surface area contributed by atoms with Gasteiger partial charge < -0.3 is 14.4 Å². The second-order valence-electron chi connectivity index (χ2n) is 5.42. The first-order chi connectivity index (χ1) is 8.27. The van der Waals surface area contributed by atoms with Gasteiger partial charge in [-0.15, -0.1) is 0 Å². The minimum Gasteiger partial charge on any atom is -0.398 e. The lowest BCUT2D eigenvalue weighted by molar-refractivity contribution is 0.00578. The summed E-state index contributed by atoms with van der Waals surface area (Å²) >= 11 is 6.12. The maximum atomic E-state index is 9.11. The van der Waals surface area contributed by atoms with Crippen LogP contribution in [0.2, 0.25) is 5.02 Å². The molecule has 0 aromatic carbocycles. The average molecular weight is 270 g/mol. The molecule has 0 radical (unpaired) electrons. The molecule has 0 spiro atoms. The van der Waals surface area contributed by atoms with Gasteiger partial charge >= 0.3 is 7.12 Å². The predicted molar refractivity (Wildman–Crippen MR) is 70.9 cm³/mol. The van der Waals surface area contributed by atoms with E-state index in [4.69, 9.17) is 26.0 Å². The first-order valence-corrected chi connectivity index (χ1v) is 6.26. The van der Waals surface area contributed by atoms with Crippen LogP contribution in [0, 0.1) is 0 Å². The van der Waals surface area contributed by atoms with E-state index < -0.39 is 18.3 Å². The summed E-state index contributed by atoms with van der Waals surface area (Å²) in [5.41, 5.74) is 0.196. The first-order valence-electron chi connectivity index (χ1n) is 5.88. The van der Waals surface area contributed by atoms with Gasteiger partial charge in [-0.2, -0.15) is 0 Å². The van der Waals surface area contributed by atoms with Gasteiger partial charge in [0, 0.05) is 0 Å². The van der Waals surface area contributed by atoms with Crippen molar-refractivity contribution in [1.29, 1.82) is 0 Å². The second-order valence-corrected chi connectivity index (χ2v) is 5.82. The summed E-state index contributed by atoms with van der Waals surface area (Å²) in [7, 11) is -0.603. The van der Waals surface area contributed by atoms with E-state index in [9.17, 15) is 0 Å². The summed E-state index contributed by atoms with van der Waals surface area (Å²) < 4.78 is 11.8. The number of aliphatic hydroxyl groups is 1. The SMILES string of the molecule is CC1(C)OB(c2nc(CO)ccc2Cl)OC1(C)C. The number of hydrogen-bond acceptors (Lipinski definition) is 4. The van der Waals surface area contributed by atoms with Crippen molar-refractivity contribution in [3.8, 4) is 0 Å². The highest BCUT2D eigenvalue weighted by atomic mass is 35.5. The van der Waals surface area contributed by atoms with Crippen LogP contribution in [0.15, 0.2) is 12.1 Å². The Morgan fingerprint density at radius 1 is 1.22 bits per heavy atom. The first kappa shape index (κ1) is 13.8. The molecule has 1 saturated heterocycles. The number of nitrogens with zero attached hydrogens (tertiary/aromatic N) is 1. The summed E-state index contributed by atoms with van der Waals surface area (Å²) in [6, 6.07) is 3.37. The van der Waals surface area contributed by atoms with Crippen molar-refractivity contribution < 1.29 is 14.4 Å². The molecule has 1 aromatic heterocycles. The third kappa shape index (κ3) is 2.28. The average Bonchev–Trinajstić information content (AvgIpc) is 2.48. The van der Waals surface area contributed by atoms with E-state index in [0.29, 0.717) is 16.3 Å². The van der Waals surface area contributed by atoms with E-state index in [0.717, 1.165) is 0 Å². The van der Waals surface area contributed by atoms with Gasteiger partial charge in [0.15, 0.2) is 0 Å². The quantitative estimate of drug-likeness (QED) is 0.827. The molecule has 6 heteroatoms. The second kappa shape index (κ2) is 4.49. The Kier molecular flexibility index (Phi) is 3.45. The van der Waals surface area contributed by atoms with E-state index in [-0.39, 0.29) is 6.61 Å². The summed E-state index contributed by atoms with van der Waals surface area (Å²) in [6.07, 6.45) is 0. The fraction of sp³-hybridized carbons (Fsp3) is 0.583. The van der Waals surface area contributed by atoms with E-state index in [2.05, 4.69) is 4.98 Å². The molecule has 0 unspecified atom stereocenters. The van der Waals surface area contributed by atoms with E-state index in [1.165, 1.54) is 0 Å². The molecule has 4 nitrogen and oxygen atoms in total. The van der Waals surface area contributed by atoms with Crippen LogP contribution in [0.1, 0.15) is 33.4 Å². The van der Waals surface area contributed by atoms with Crippen LogP contribution in [0.3, 0.4) is 0 Å². The van der Waals surface area contributed by atoms with Crippen molar-refractivity contribution in [2.45, 2.75) is 45.5 Å². The molecule has 2 heterocycles. The van der Waals surface area contributed by atoms with Gasteiger partial charge in [-0.05, 0) is 39.8 Å². The number of rotatable bonds is 2. The Morgan fingerprint density at radius 3 is 2.28 bits per heavy atom. The zero-order valence-corrected chi connectivity index (χ0v) is 11.8. The van der Waals surface area contributed by atoms with Crippen LogP contribution >= 0.6 is 11.6 Å². The lowest BCUT2D eigenvalue weighted by Crippen LogP contribution is -2.41. The van der Waals surface area contributed by atoms with E-state index in [1.54, 1.807) is 12.1 Å². The maximum Gasteiger partial charge on any atom is 0.516 e. The summed E-state index contributed by atoms with van der Waals surface area (Å²) in [5.74, 6) is 0. The molecule has 2 rings (SSSR count). The predicted octanol–water partition coefficient (Wildman–Crippen LogP) is 1.53. The van der Waals surface area contributed by atoms with Gasteiger partial charge in [0.2, 0.25) is 0 Å². The van der Waals surface area contributed by atoms with Crippen molar-refractivity contribution in [3.05, 3.63) is 22.8 Å². The largest absolute Gasteiger partial charge is 0.516 e. The minimum atomic E-state index is -0.603. The Morgan fingerprint density at radius 2 is 1.78 bits per heavy atom. The highest BCUT2D eigenvalue weighted by molar-refractivity contribution is 6.64. The van der Waals surface area contributed by atoms with Crippen LogP contribution in [0.5, 0.6) is 0 Å². The lowest BCUT2D eigenvalue weighted by atomic mass is 9.84. The van der Waals surface area contributed by atoms with Crippen LogP contribution in [-0.2, 0) is 15.9 Å². The number of aromatic nitrogens is 1. The number of hydrogen-bond donors (Lipinski definition) is 1. The molecule has 0 atom stereocenters. The number of halogens is 1. The molecule has 1 fully saturated rings. The lowest BCUT2D eigenvalue weighted by Gasteiger charge is -2.32. The van der Waals surface area contributed by atoms with Gasteiger partial charge in [0.25, 0.3) is 0 Å². The molecular formula is C12H17BClNO3. The third-order valence-electron chi connectivity index (χ3n) is 3.57. The summed E-state index contributed by atoms with van der Waals surface area (Å²) in [4.78, 5) is 4.27. The fourth-order valence-corrected chi connectivity index (χ4v) is 1.90. The number of aliphatic hydroxyl groups excluding tert-OH is 1. The molecule has 0 bridgehead atoms. The summed E-state index contributed by atoms with van der Waals surface area (Å²) in [5, 5.41) is 9.59.